The molecule has 1 aliphatic rings. The summed E-state index contributed by atoms with van der Waals surface area (Å²) in [7, 11) is -2.83. The molecule has 0 radical (unpaired) electrons. The van der Waals surface area contributed by atoms with Crippen molar-refractivity contribution in [2.75, 3.05) is 25.4 Å². The van der Waals surface area contributed by atoms with Gasteiger partial charge in [-0.3, -0.25) is 9.11 Å². The molecule has 1 fully saturated rings. The average molecular weight is 296 g/mol. The van der Waals surface area contributed by atoms with Gasteiger partial charge in [0.1, 0.15) is 0 Å². The van der Waals surface area contributed by atoms with E-state index in [2.05, 4.69) is 4.90 Å². The second-order valence-electron chi connectivity index (χ2n) is 4.94. The molecule has 18 heavy (non-hydrogen) atoms. The van der Waals surface area contributed by atoms with Crippen molar-refractivity contribution in [1.82, 2.24) is 4.90 Å². The van der Waals surface area contributed by atoms with Crippen LogP contribution < -0.4 is 0 Å². The molecular formula is C12H26NO3S2+. The van der Waals surface area contributed by atoms with Crippen LogP contribution in [-0.2, 0) is 19.4 Å². The molecule has 6 heteroatoms. The number of hydrogen-bond donors (Lipinski definition) is 2. The summed E-state index contributed by atoms with van der Waals surface area (Å²) in [5.74, 6) is 0.567. The Morgan fingerprint density at radius 3 is 2.22 bits per heavy atom. The SMILES string of the molecule is O=S(O)(O)=[S+]CCCCCCCN1CCCCC1. The first-order valence-electron chi connectivity index (χ1n) is 6.94. The van der Waals surface area contributed by atoms with Crippen LogP contribution in [0.5, 0.6) is 0 Å². The van der Waals surface area contributed by atoms with E-state index in [1.54, 1.807) is 0 Å². The first-order valence-corrected chi connectivity index (χ1v) is 9.91. The summed E-state index contributed by atoms with van der Waals surface area (Å²) in [4.78, 5) is 2.56. The van der Waals surface area contributed by atoms with E-state index < -0.39 is 9.05 Å². The summed E-state index contributed by atoms with van der Waals surface area (Å²) in [5.41, 5.74) is 0. The maximum absolute atomic E-state index is 10.6. The van der Waals surface area contributed by atoms with E-state index in [1.165, 1.54) is 58.2 Å². The van der Waals surface area contributed by atoms with Gasteiger partial charge in [0.25, 0.3) is 10.3 Å². The minimum atomic E-state index is -3.58. The number of piperidine rings is 1. The summed E-state index contributed by atoms with van der Waals surface area (Å²) in [5, 5.41) is 0. The molecule has 0 spiro atoms. The van der Waals surface area contributed by atoms with Gasteiger partial charge in [-0.15, -0.1) is 0 Å². The van der Waals surface area contributed by atoms with Gasteiger partial charge in [-0.25, -0.2) is 0 Å². The minimum Gasteiger partial charge on any atom is -0.303 e. The maximum Gasteiger partial charge on any atom is 0.430 e. The number of likely N-dealkylation sites (tertiary alicyclic amines) is 1. The van der Waals surface area contributed by atoms with E-state index >= 15 is 0 Å². The van der Waals surface area contributed by atoms with E-state index in [0.29, 0.717) is 5.75 Å². The molecule has 0 saturated carbocycles. The smallest absolute Gasteiger partial charge is 0.303 e. The van der Waals surface area contributed by atoms with Crippen LogP contribution in [0.25, 0.3) is 0 Å². The monoisotopic (exact) mass is 296 g/mol. The van der Waals surface area contributed by atoms with Gasteiger partial charge in [-0.2, -0.15) is 4.21 Å². The number of unbranched alkanes of at least 4 members (excludes halogenated alkanes) is 4. The third-order valence-corrected chi connectivity index (χ3v) is 5.49. The average Bonchev–Trinajstić information content (AvgIpc) is 2.32. The Morgan fingerprint density at radius 1 is 0.944 bits per heavy atom. The third kappa shape index (κ3) is 9.22. The zero-order valence-electron chi connectivity index (χ0n) is 11.1. The maximum atomic E-state index is 10.6. The van der Waals surface area contributed by atoms with Crippen LogP contribution in [0.3, 0.4) is 0 Å². The van der Waals surface area contributed by atoms with E-state index in [9.17, 15) is 4.21 Å². The Kier molecular flexibility index (Phi) is 8.33. The zero-order chi connectivity index (χ0) is 13.3. The van der Waals surface area contributed by atoms with Crippen LogP contribution in [0.1, 0.15) is 51.4 Å². The van der Waals surface area contributed by atoms with Gasteiger partial charge < -0.3 is 4.90 Å². The van der Waals surface area contributed by atoms with E-state index in [4.69, 9.17) is 9.11 Å². The second-order valence-corrected chi connectivity index (χ2v) is 8.49. The first kappa shape index (κ1) is 16.3. The number of hydrogen-bond acceptors (Lipinski definition) is 2. The molecule has 1 saturated heterocycles. The summed E-state index contributed by atoms with van der Waals surface area (Å²) < 4.78 is 27.9. The van der Waals surface area contributed by atoms with Gasteiger partial charge in [0, 0.05) is 6.42 Å². The summed E-state index contributed by atoms with van der Waals surface area (Å²) in [6.45, 7) is 3.78. The van der Waals surface area contributed by atoms with Crippen molar-refractivity contribution < 1.29 is 13.3 Å². The lowest BCUT2D eigenvalue weighted by molar-refractivity contribution is 0.224. The zero-order valence-corrected chi connectivity index (χ0v) is 12.7. The lowest BCUT2D eigenvalue weighted by Gasteiger charge is -2.26. The Morgan fingerprint density at radius 2 is 1.56 bits per heavy atom. The molecule has 0 unspecified atom stereocenters. The molecule has 2 N–H and O–H groups in total. The predicted octanol–water partition coefficient (Wildman–Crippen LogP) is 2.65. The topological polar surface area (TPSA) is 60.8 Å². The molecule has 4 nitrogen and oxygen atoms in total. The highest BCUT2D eigenvalue weighted by Crippen LogP contribution is 2.10. The fourth-order valence-corrected chi connectivity index (χ4v) is 3.86. The molecule has 1 aliphatic heterocycles. The molecule has 108 valence electrons. The van der Waals surface area contributed by atoms with Gasteiger partial charge >= 0.3 is 9.05 Å². The quantitative estimate of drug-likeness (QED) is 0.534. The summed E-state index contributed by atoms with van der Waals surface area (Å²) in [6.07, 6.45) is 9.81. The normalized spacial score (nSPS) is 17.9. The molecule has 0 aromatic rings. The summed E-state index contributed by atoms with van der Waals surface area (Å²) in [6, 6.07) is 0. The third-order valence-electron chi connectivity index (χ3n) is 3.30. The first-order chi connectivity index (χ1) is 8.58. The molecule has 1 heterocycles. The predicted molar refractivity (Wildman–Crippen MR) is 79.0 cm³/mol. The Labute approximate surface area is 114 Å². The summed E-state index contributed by atoms with van der Waals surface area (Å²) >= 11 is 0. The second kappa shape index (κ2) is 9.20. The standard InChI is InChI=1S/C12H25NO3S2/c14-18(15,16)17-12-8-3-1-2-5-9-13-10-6-4-7-11-13/h1-12H2,(H-,14,15,16)/p+1. The molecule has 0 atom stereocenters. The van der Waals surface area contributed by atoms with Crippen molar-refractivity contribution in [2.45, 2.75) is 51.4 Å². The van der Waals surface area contributed by atoms with Crippen molar-refractivity contribution in [2.24, 2.45) is 0 Å². The largest absolute Gasteiger partial charge is 0.430 e. The van der Waals surface area contributed by atoms with Crippen LogP contribution in [-0.4, -0.2) is 43.6 Å². The Balaban J connectivity index is 1.88. The van der Waals surface area contributed by atoms with Crippen LogP contribution in [0.2, 0.25) is 0 Å². The van der Waals surface area contributed by atoms with Crippen LogP contribution in [0.15, 0.2) is 0 Å². The lowest BCUT2D eigenvalue weighted by atomic mass is 10.1. The Bertz CT molecular complexity index is 313. The Hall–Kier alpha value is 0.250. The lowest BCUT2D eigenvalue weighted by Crippen LogP contribution is -2.30. The van der Waals surface area contributed by atoms with Crippen LogP contribution >= 0.6 is 0 Å². The van der Waals surface area contributed by atoms with E-state index in [-0.39, 0.29) is 0 Å². The molecule has 0 aliphatic carbocycles. The van der Waals surface area contributed by atoms with Gasteiger partial charge in [0.05, 0.1) is 0 Å². The van der Waals surface area contributed by atoms with Crippen LogP contribution in [0, 0.1) is 0 Å². The fraction of sp³-hybridized carbons (Fsp3) is 1.00. The highest BCUT2D eigenvalue weighted by molar-refractivity contribution is 8.34. The molecule has 1 rings (SSSR count). The van der Waals surface area contributed by atoms with Gasteiger partial charge in [-0.1, -0.05) is 19.3 Å². The van der Waals surface area contributed by atoms with Crippen molar-refractivity contribution in [3.63, 3.8) is 0 Å². The van der Waals surface area contributed by atoms with Crippen molar-refractivity contribution in [3.8, 4) is 0 Å². The minimum absolute atomic E-state index is 0.567. The molecule has 0 amide bonds. The van der Waals surface area contributed by atoms with Gasteiger partial charge in [0.2, 0.25) is 0 Å². The number of rotatable bonds is 8. The van der Waals surface area contributed by atoms with Gasteiger partial charge in [0.15, 0.2) is 5.75 Å². The fourth-order valence-electron chi connectivity index (χ4n) is 2.32. The van der Waals surface area contributed by atoms with Crippen LogP contribution in [0.4, 0.5) is 0 Å². The molecular weight excluding hydrogens is 270 g/mol. The highest BCUT2D eigenvalue weighted by Gasteiger charge is 2.10. The van der Waals surface area contributed by atoms with E-state index in [1.807, 2.05) is 0 Å². The molecule has 0 aromatic heterocycles. The van der Waals surface area contributed by atoms with Crippen molar-refractivity contribution >= 4 is 19.4 Å². The number of nitrogens with zero attached hydrogens (tertiary/aromatic N) is 1. The van der Waals surface area contributed by atoms with E-state index in [0.717, 1.165) is 23.2 Å². The van der Waals surface area contributed by atoms with Crippen molar-refractivity contribution in [3.05, 3.63) is 0 Å². The highest BCUT2D eigenvalue weighted by atomic mass is 32.9. The van der Waals surface area contributed by atoms with Crippen molar-refractivity contribution in [1.29, 1.82) is 0 Å². The van der Waals surface area contributed by atoms with Gasteiger partial charge in [-0.05, 0) is 45.3 Å². The molecule has 0 bridgehead atoms. The molecule has 0 aromatic carbocycles.